The fourth-order valence-electron chi connectivity index (χ4n) is 4.36. The molecule has 0 N–H and O–H groups in total. The van der Waals surface area contributed by atoms with Crippen LogP contribution in [0.5, 0.6) is 0 Å². The molecule has 6 nitrogen and oxygen atoms in total. The molecule has 0 saturated heterocycles. The number of carbonyl (C=O) groups is 2. The van der Waals surface area contributed by atoms with Gasteiger partial charge in [0, 0.05) is 11.1 Å². The Bertz CT molecular complexity index is 1270. The van der Waals surface area contributed by atoms with Crippen LogP contribution in [0.1, 0.15) is 19.3 Å². The fourth-order valence-corrected chi connectivity index (χ4v) is 5.22. The highest BCUT2D eigenvalue weighted by atomic mass is 32.2. The van der Waals surface area contributed by atoms with Crippen LogP contribution in [-0.2, 0) is 24.0 Å². The van der Waals surface area contributed by atoms with Crippen LogP contribution in [0.2, 0.25) is 0 Å². The van der Waals surface area contributed by atoms with E-state index in [-0.39, 0.29) is 19.3 Å². The minimum absolute atomic E-state index is 0.102. The first-order chi connectivity index (χ1) is 17.9. The van der Waals surface area contributed by atoms with Crippen LogP contribution >= 0.6 is 0 Å². The lowest BCUT2D eigenvalue weighted by molar-refractivity contribution is -0.458. The van der Waals surface area contributed by atoms with Crippen LogP contribution in [-0.4, -0.2) is 72.3 Å². The number of imide groups is 1. The van der Waals surface area contributed by atoms with Gasteiger partial charge in [-0.3, -0.25) is 9.59 Å². The monoisotopic (exact) mass is 661 g/mol. The molecule has 0 aromatic rings. The maximum Gasteiger partial charge on any atom is 0.460 e. The lowest BCUT2D eigenvalue weighted by Gasteiger charge is -2.42. The second kappa shape index (κ2) is 8.58. The van der Waals surface area contributed by atoms with Gasteiger partial charge in [-0.1, -0.05) is 0 Å². The molecule has 2 unspecified atom stereocenters. The highest BCUT2D eigenvalue weighted by molar-refractivity contribution is 7.87. The van der Waals surface area contributed by atoms with Gasteiger partial charge in [0.2, 0.25) is 0 Å². The van der Waals surface area contributed by atoms with Crippen molar-refractivity contribution in [3.63, 3.8) is 0 Å². The van der Waals surface area contributed by atoms with E-state index in [2.05, 4.69) is 4.28 Å². The molecule has 0 aromatic heterocycles. The molecule has 24 heteroatoms. The number of hydrogen-bond donors (Lipinski definition) is 0. The summed E-state index contributed by atoms with van der Waals surface area (Å²) >= 11 is 0. The van der Waals surface area contributed by atoms with Gasteiger partial charge in [-0.25, -0.2) is 0 Å². The number of alkyl halides is 17. The summed E-state index contributed by atoms with van der Waals surface area (Å²) in [7, 11) is -8.09. The molecule has 0 aromatic carbocycles. The average Bonchev–Trinajstić information content (AvgIpc) is 3.47. The molecule has 2 bridgehead atoms. The van der Waals surface area contributed by atoms with Gasteiger partial charge in [-0.2, -0.15) is 83.1 Å². The van der Waals surface area contributed by atoms with Gasteiger partial charge in [0.1, 0.15) is 0 Å². The Morgan fingerprint density at radius 1 is 0.561 bits per heavy atom. The molecule has 1 saturated carbocycles. The Labute approximate surface area is 214 Å². The molecule has 2 amide bonds. The van der Waals surface area contributed by atoms with Crippen LogP contribution in [0.15, 0.2) is 11.1 Å². The second-order valence-corrected chi connectivity index (χ2v) is 10.5. The zero-order valence-electron chi connectivity index (χ0n) is 18.6. The third-order valence-corrected chi connectivity index (χ3v) is 7.78. The topological polar surface area (TPSA) is 80.8 Å². The van der Waals surface area contributed by atoms with Crippen molar-refractivity contribution in [2.45, 2.75) is 66.2 Å². The summed E-state index contributed by atoms with van der Waals surface area (Å²) < 4.78 is 254. The molecule has 1 fully saturated rings. The minimum atomic E-state index is -9.01. The normalized spacial score (nSPS) is 23.7. The molecule has 3 rings (SSSR count). The minimum Gasteiger partial charge on any atom is -0.267 e. The molecule has 2 atom stereocenters. The van der Waals surface area contributed by atoms with Crippen molar-refractivity contribution in [1.82, 2.24) is 5.06 Å². The Morgan fingerprint density at radius 3 is 1.22 bits per heavy atom. The first-order valence-electron chi connectivity index (χ1n) is 10.2. The van der Waals surface area contributed by atoms with E-state index in [4.69, 9.17) is 0 Å². The number of amides is 2. The zero-order chi connectivity index (χ0) is 32.4. The smallest absolute Gasteiger partial charge is 0.267 e. The van der Waals surface area contributed by atoms with Gasteiger partial charge < -0.3 is 0 Å². The summed E-state index contributed by atoms with van der Waals surface area (Å²) in [5.74, 6) is -58.1. The molecule has 1 aliphatic heterocycles. The first-order valence-corrected chi connectivity index (χ1v) is 11.6. The van der Waals surface area contributed by atoms with Crippen molar-refractivity contribution in [3.8, 4) is 0 Å². The maximum atomic E-state index is 14.2. The molecule has 236 valence electrons. The Hall–Kier alpha value is -2.40. The van der Waals surface area contributed by atoms with Crippen LogP contribution in [0, 0.1) is 11.8 Å². The van der Waals surface area contributed by atoms with Gasteiger partial charge >= 0.3 is 57.1 Å². The maximum absolute atomic E-state index is 14.2. The van der Waals surface area contributed by atoms with Crippen molar-refractivity contribution in [2.75, 3.05) is 0 Å². The van der Waals surface area contributed by atoms with Crippen molar-refractivity contribution >= 4 is 21.9 Å². The molecule has 0 spiro atoms. The number of hydrogen-bond acceptors (Lipinski definition) is 5. The largest absolute Gasteiger partial charge is 0.460 e. The van der Waals surface area contributed by atoms with Crippen LogP contribution in [0.25, 0.3) is 0 Å². The van der Waals surface area contributed by atoms with Crippen molar-refractivity contribution in [1.29, 1.82) is 0 Å². The van der Waals surface area contributed by atoms with E-state index >= 15 is 0 Å². The summed E-state index contributed by atoms with van der Waals surface area (Å²) in [5.41, 5.74) is -1.14. The molecule has 2 aliphatic carbocycles. The van der Waals surface area contributed by atoms with Crippen LogP contribution < -0.4 is 0 Å². The van der Waals surface area contributed by atoms with Gasteiger partial charge in [0.05, 0.1) is 0 Å². The summed E-state index contributed by atoms with van der Waals surface area (Å²) in [6.45, 7) is 0. The SMILES string of the molecule is O=C1C2=C(C(=O)N1OS(=O)(=O)C(F)(F)C(F)(F)C(F)(F)C(F)(F)C(F)(F)C(F)(F)C(F)(F)C(F)(F)F)C1CCC2C1. The van der Waals surface area contributed by atoms with E-state index < -0.39 is 96.9 Å². The number of halogens is 17. The van der Waals surface area contributed by atoms with E-state index in [0.717, 1.165) is 0 Å². The zero-order valence-corrected chi connectivity index (χ0v) is 19.4. The summed E-state index contributed by atoms with van der Waals surface area (Å²) in [6, 6.07) is 0. The highest BCUT2D eigenvalue weighted by Crippen LogP contribution is 2.64. The number of rotatable bonds is 9. The van der Waals surface area contributed by atoms with Crippen molar-refractivity contribution in [3.05, 3.63) is 11.1 Å². The van der Waals surface area contributed by atoms with E-state index in [0.29, 0.717) is 0 Å². The average molecular weight is 661 g/mol. The van der Waals surface area contributed by atoms with Gasteiger partial charge in [0.15, 0.2) is 0 Å². The third kappa shape index (κ3) is 3.83. The lowest BCUT2D eigenvalue weighted by Crippen LogP contribution is -2.75. The van der Waals surface area contributed by atoms with Gasteiger partial charge in [-0.05, 0) is 31.1 Å². The first kappa shape index (κ1) is 33.1. The number of nitrogens with zero attached hydrogens (tertiary/aromatic N) is 1. The lowest BCUT2D eigenvalue weighted by atomic mass is 9.91. The standard InChI is InChI=1S/C17H8F17NO5S/c18-10(19,12(22,23)14(26,27)16(30,31)32)11(20,21)13(24,25)15(28,29)17(33,34)41(38,39)40-35-8(36)6-4-1-2-5(3-4)7(6)9(35)37/h4-5H,1-3H2. The summed E-state index contributed by atoms with van der Waals surface area (Å²) in [5, 5.41) is -9.20. The highest BCUT2D eigenvalue weighted by Gasteiger charge is 2.96. The van der Waals surface area contributed by atoms with Crippen molar-refractivity contribution < 1.29 is 96.9 Å². The van der Waals surface area contributed by atoms with Crippen molar-refractivity contribution in [2.24, 2.45) is 11.8 Å². The van der Waals surface area contributed by atoms with Crippen LogP contribution in [0.4, 0.5) is 74.6 Å². The number of hydroxylamine groups is 2. The fraction of sp³-hybridized carbons (Fsp3) is 0.765. The summed E-state index contributed by atoms with van der Waals surface area (Å²) in [4.78, 5) is 24.5. The van der Waals surface area contributed by atoms with E-state index in [1.807, 2.05) is 0 Å². The summed E-state index contributed by atoms with van der Waals surface area (Å²) in [6.07, 6.45) is -7.53. The Kier molecular flexibility index (Phi) is 6.93. The van der Waals surface area contributed by atoms with E-state index in [1.54, 1.807) is 0 Å². The van der Waals surface area contributed by atoms with Crippen LogP contribution in [0.3, 0.4) is 0 Å². The van der Waals surface area contributed by atoms with E-state index in [1.165, 1.54) is 0 Å². The number of fused-ring (bicyclic) bond motifs is 4. The van der Waals surface area contributed by atoms with Gasteiger partial charge in [0.25, 0.3) is 11.8 Å². The quantitative estimate of drug-likeness (QED) is 0.247. The predicted molar refractivity (Wildman–Crippen MR) is 90.4 cm³/mol. The molecule has 0 radical (unpaired) electrons. The molecular formula is C17H8F17NO5S. The Morgan fingerprint density at radius 2 is 0.878 bits per heavy atom. The van der Waals surface area contributed by atoms with E-state index in [9.17, 15) is 92.6 Å². The number of carbonyl (C=O) groups excluding carboxylic acids is 2. The Balaban J connectivity index is 2.01. The second-order valence-electron chi connectivity index (χ2n) is 8.93. The molecule has 1 heterocycles. The molecular weight excluding hydrogens is 653 g/mol. The third-order valence-electron chi connectivity index (χ3n) is 6.55. The van der Waals surface area contributed by atoms with Gasteiger partial charge in [-0.15, -0.1) is 9.35 Å². The molecule has 41 heavy (non-hydrogen) atoms. The predicted octanol–water partition coefficient (Wildman–Crippen LogP) is 5.31. The molecule has 3 aliphatic rings.